The van der Waals surface area contributed by atoms with Gasteiger partial charge in [-0.15, -0.1) is 0 Å². The van der Waals surface area contributed by atoms with Crippen molar-refractivity contribution < 1.29 is 10.0 Å². The van der Waals surface area contributed by atoms with Gasteiger partial charge in [-0.2, -0.15) is 0 Å². The Morgan fingerprint density at radius 3 is 2.74 bits per heavy atom. The average Bonchev–Trinajstić information content (AvgIpc) is 2.39. The van der Waals surface area contributed by atoms with Crippen molar-refractivity contribution in [3.05, 3.63) is 29.8 Å². The van der Waals surface area contributed by atoms with Gasteiger partial charge in [0.25, 0.3) is 0 Å². The number of nitrogens with zero attached hydrogens (tertiary/aromatic N) is 2. The highest BCUT2D eigenvalue weighted by Crippen LogP contribution is 2.15. The molecule has 2 N–H and O–H groups in total. The third kappa shape index (κ3) is 3.80. The topological polar surface area (TPSA) is 46.9 Å². The molecule has 19 heavy (non-hydrogen) atoms. The molecular formula is C14H23BN2O2. The summed E-state index contributed by atoms with van der Waals surface area (Å²) in [5.41, 5.74) is 1.63. The van der Waals surface area contributed by atoms with Crippen molar-refractivity contribution in [3.8, 4) is 0 Å². The molecular weight excluding hydrogens is 239 g/mol. The fourth-order valence-electron chi connectivity index (χ4n) is 2.77. The number of piperidine rings is 1. The zero-order chi connectivity index (χ0) is 13.8. The molecule has 0 aromatic heterocycles. The van der Waals surface area contributed by atoms with E-state index in [1.165, 1.54) is 12.8 Å². The first-order valence-corrected chi connectivity index (χ1v) is 6.90. The summed E-state index contributed by atoms with van der Waals surface area (Å²) in [6, 6.07) is 8.16. The lowest BCUT2D eigenvalue weighted by Crippen LogP contribution is -2.45. The Bertz CT molecular complexity index is 412. The van der Waals surface area contributed by atoms with Gasteiger partial charge in [0.15, 0.2) is 0 Å². The molecule has 0 amide bonds. The molecule has 104 valence electrons. The largest absolute Gasteiger partial charge is 0.488 e. The SMILES string of the molecule is CN(C)C1CCCN(Cc2ccccc2B(O)O)C1. The fraction of sp³-hybridized carbons (Fsp3) is 0.571. The molecule has 1 aliphatic rings. The molecule has 1 saturated heterocycles. The second-order valence-corrected chi connectivity index (χ2v) is 5.57. The molecule has 0 radical (unpaired) electrons. The van der Waals surface area contributed by atoms with Crippen LogP contribution in [0.15, 0.2) is 24.3 Å². The van der Waals surface area contributed by atoms with E-state index in [4.69, 9.17) is 0 Å². The van der Waals surface area contributed by atoms with Crippen LogP contribution in [0.1, 0.15) is 18.4 Å². The van der Waals surface area contributed by atoms with Crippen LogP contribution in [0.3, 0.4) is 0 Å². The Balaban J connectivity index is 2.04. The summed E-state index contributed by atoms with van der Waals surface area (Å²) >= 11 is 0. The van der Waals surface area contributed by atoms with Crippen LogP contribution in [0.5, 0.6) is 0 Å². The maximum absolute atomic E-state index is 9.40. The monoisotopic (exact) mass is 262 g/mol. The van der Waals surface area contributed by atoms with E-state index in [2.05, 4.69) is 23.9 Å². The third-order valence-electron chi connectivity index (χ3n) is 3.94. The number of hydrogen-bond donors (Lipinski definition) is 2. The van der Waals surface area contributed by atoms with E-state index >= 15 is 0 Å². The number of hydrogen-bond acceptors (Lipinski definition) is 4. The van der Waals surface area contributed by atoms with Crippen LogP contribution >= 0.6 is 0 Å². The van der Waals surface area contributed by atoms with Crippen molar-refractivity contribution in [3.63, 3.8) is 0 Å². The highest BCUT2D eigenvalue weighted by atomic mass is 16.4. The summed E-state index contributed by atoms with van der Waals surface area (Å²) in [6.45, 7) is 2.92. The summed E-state index contributed by atoms with van der Waals surface area (Å²) in [5.74, 6) is 0. The van der Waals surface area contributed by atoms with Gasteiger partial charge in [0.2, 0.25) is 0 Å². The molecule has 0 spiro atoms. The van der Waals surface area contributed by atoms with E-state index in [-0.39, 0.29) is 0 Å². The number of benzene rings is 1. The molecule has 1 aliphatic heterocycles. The normalized spacial score (nSPS) is 20.8. The zero-order valence-corrected chi connectivity index (χ0v) is 11.8. The second kappa shape index (κ2) is 6.52. The van der Waals surface area contributed by atoms with Gasteiger partial charge < -0.3 is 14.9 Å². The Hall–Kier alpha value is -0.875. The molecule has 1 unspecified atom stereocenters. The fourth-order valence-corrected chi connectivity index (χ4v) is 2.77. The van der Waals surface area contributed by atoms with Crippen LogP contribution in [-0.2, 0) is 6.54 Å². The summed E-state index contributed by atoms with van der Waals surface area (Å²) < 4.78 is 0. The summed E-state index contributed by atoms with van der Waals surface area (Å²) in [7, 11) is 2.87. The van der Waals surface area contributed by atoms with Crippen LogP contribution in [0, 0.1) is 0 Å². The molecule has 1 atom stereocenters. The Morgan fingerprint density at radius 2 is 2.05 bits per heavy atom. The third-order valence-corrected chi connectivity index (χ3v) is 3.94. The Morgan fingerprint density at radius 1 is 1.32 bits per heavy atom. The average molecular weight is 262 g/mol. The van der Waals surface area contributed by atoms with Crippen molar-refractivity contribution in [2.75, 3.05) is 27.2 Å². The molecule has 1 fully saturated rings. The molecule has 1 aromatic rings. The minimum atomic E-state index is -1.38. The van der Waals surface area contributed by atoms with Crippen LogP contribution in [0.25, 0.3) is 0 Å². The minimum absolute atomic E-state index is 0.597. The molecule has 4 nitrogen and oxygen atoms in total. The molecule has 0 saturated carbocycles. The zero-order valence-electron chi connectivity index (χ0n) is 11.8. The van der Waals surface area contributed by atoms with E-state index in [0.29, 0.717) is 11.5 Å². The van der Waals surface area contributed by atoms with Gasteiger partial charge in [-0.1, -0.05) is 24.3 Å². The van der Waals surface area contributed by atoms with Crippen LogP contribution in [-0.4, -0.2) is 60.2 Å². The van der Waals surface area contributed by atoms with Gasteiger partial charge in [0.05, 0.1) is 0 Å². The summed E-state index contributed by atoms with van der Waals surface area (Å²) in [5, 5.41) is 18.8. The minimum Gasteiger partial charge on any atom is -0.423 e. The number of likely N-dealkylation sites (N-methyl/N-ethyl adjacent to an activating group) is 1. The van der Waals surface area contributed by atoms with E-state index in [0.717, 1.165) is 25.2 Å². The van der Waals surface area contributed by atoms with Crippen molar-refractivity contribution in [2.24, 2.45) is 0 Å². The van der Waals surface area contributed by atoms with Crippen LogP contribution in [0.4, 0.5) is 0 Å². The van der Waals surface area contributed by atoms with Crippen molar-refractivity contribution in [1.82, 2.24) is 9.80 Å². The molecule has 0 bridgehead atoms. The first-order chi connectivity index (χ1) is 9.08. The van der Waals surface area contributed by atoms with Crippen LogP contribution < -0.4 is 5.46 Å². The van der Waals surface area contributed by atoms with E-state index < -0.39 is 7.12 Å². The number of rotatable bonds is 4. The maximum atomic E-state index is 9.40. The Labute approximate surface area is 115 Å². The molecule has 0 aliphatic carbocycles. The standard InChI is InChI=1S/C14H23BN2O2/c1-16(2)13-7-5-9-17(11-13)10-12-6-3-4-8-14(12)15(18)19/h3-4,6,8,13,18-19H,5,7,9-11H2,1-2H3. The smallest absolute Gasteiger partial charge is 0.423 e. The maximum Gasteiger partial charge on any atom is 0.488 e. The van der Waals surface area contributed by atoms with E-state index in [1.54, 1.807) is 6.07 Å². The van der Waals surface area contributed by atoms with Crippen molar-refractivity contribution in [2.45, 2.75) is 25.4 Å². The van der Waals surface area contributed by atoms with Gasteiger partial charge >= 0.3 is 7.12 Å². The highest BCUT2D eigenvalue weighted by Gasteiger charge is 2.23. The van der Waals surface area contributed by atoms with Gasteiger partial charge in [0.1, 0.15) is 0 Å². The van der Waals surface area contributed by atoms with Gasteiger partial charge in [-0.3, -0.25) is 4.90 Å². The number of likely N-dealkylation sites (tertiary alicyclic amines) is 1. The lowest BCUT2D eigenvalue weighted by atomic mass is 9.77. The van der Waals surface area contributed by atoms with E-state index in [9.17, 15) is 10.0 Å². The van der Waals surface area contributed by atoms with Crippen molar-refractivity contribution in [1.29, 1.82) is 0 Å². The lowest BCUT2D eigenvalue weighted by molar-refractivity contribution is 0.128. The lowest BCUT2D eigenvalue weighted by Gasteiger charge is -2.36. The molecule has 2 rings (SSSR count). The first kappa shape index (κ1) is 14.5. The predicted octanol–water partition coefficient (Wildman–Crippen LogP) is -0.108. The summed E-state index contributed by atoms with van der Waals surface area (Å²) in [4.78, 5) is 4.67. The molecule has 1 heterocycles. The highest BCUT2D eigenvalue weighted by molar-refractivity contribution is 6.59. The Kier molecular flexibility index (Phi) is 4.99. The van der Waals surface area contributed by atoms with E-state index in [1.807, 2.05) is 18.2 Å². The first-order valence-electron chi connectivity index (χ1n) is 6.90. The van der Waals surface area contributed by atoms with Gasteiger partial charge in [-0.05, 0) is 44.5 Å². The molecule has 5 heteroatoms. The van der Waals surface area contributed by atoms with Crippen LogP contribution in [0.2, 0.25) is 0 Å². The molecule has 1 aromatic carbocycles. The predicted molar refractivity (Wildman–Crippen MR) is 78.3 cm³/mol. The second-order valence-electron chi connectivity index (χ2n) is 5.57. The van der Waals surface area contributed by atoms with Gasteiger partial charge in [0, 0.05) is 19.1 Å². The van der Waals surface area contributed by atoms with Gasteiger partial charge in [-0.25, -0.2) is 0 Å². The van der Waals surface area contributed by atoms with Crippen molar-refractivity contribution >= 4 is 12.6 Å². The summed E-state index contributed by atoms with van der Waals surface area (Å²) in [6.07, 6.45) is 2.44. The quantitative estimate of drug-likeness (QED) is 0.743.